The number of ether oxygens (including phenoxy) is 1. The zero-order chi connectivity index (χ0) is 17.6. The van der Waals surface area contributed by atoms with Crippen molar-refractivity contribution in [3.63, 3.8) is 0 Å². The van der Waals surface area contributed by atoms with Crippen LogP contribution in [-0.2, 0) is 4.74 Å². The number of nitrogens with zero attached hydrogens (tertiary/aromatic N) is 4. The van der Waals surface area contributed by atoms with Gasteiger partial charge in [0.05, 0.1) is 24.6 Å². The second-order valence-corrected chi connectivity index (χ2v) is 6.75. The molecule has 6 unspecified atom stereocenters. The van der Waals surface area contributed by atoms with Crippen LogP contribution in [0.25, 0.3) is 11.2 Å². The molecule has 2 fully saturated rings. The second kappa shape index (κ2) is 6.49. The van der Waals surface area contributed by atoms with Gasteiger partial charge in [0, 0.05) is 0 Å². The number of rotatable bonds is 4. The van der Waals surface area contributed by atoms with Crippen molar-refractivity contribution >= 4 is 17.0 Å². The van der Waals surface area contributed by atoms with Crippen LogP contribution in [0.1, 0.15) is 38.8 Å². The summed E-state index contributed by atoms with van der Waals surface area (Å²) in [7, 11) is 0. The van der Waals surface area contributed by atoms with Gasteiger partial charge >= 0.3 is 0 Å². The van der Waals surface area contributed by atoms with Gasteiger partial charge in [-0.25, -0.2) is 15.0 Å². The van der Waals surface area contributed by atoms with E-state index in [0.29, 0.717) is 23.4 Å². The van der Waals surface area contributed by atoms with Gasteiger partial charge < -0.3 is 25.4 Å². The van der Waals surface area contributed by atoms with E-state index in [4.69, 9.17) is 4.74 Å². The molecule has 0 amide bonds. The zero-order valence-corrected chi connectivity index (χ0v) is 14.0. The summed E-state index contributed by atoms with van der Waals surface area (Å²) in [6.45, 7) is 1.89. The number of hydrogen-bond acceptors (Lipinski definition) is 8. The largest absolute Gasteiger partial charge is 0.391 e. The van der Waals surface area contributed by atoms with Crippen molar-refractivity contribution in [3.05, 3.63) is 12.7 Å². The predicted octanol–water partition coefficient (Wildman–Crippen LogP) is 0.181. The number of fused-ring (bicyclic) bond motifs is 1. The van der Waals surface area contributed by atoms with E-state index in [9.17, 15) is 15.3 Å². The third-order valence-corrected chi connectivity index (χ3v) is 5.17. The van der Waals surface area contributed by atoms with Crippen LogP contribution in [-0.4, -0.2) is 65.3 Å². The van der Waals surface area contributed by atoms with Crippen LogP contribution in [0.2, 0.25) is 0 Å². The maximum atomic E-state index is 10.3. The summed E-state index contributed by atoms with van der Waals surface area (Å²) in [5, 5.41) is 33.7. The first-order valence-electron chi connectivity index (χ1n) is 8.74. The van der Waals surface area contributed by atoms with Crippen molar-refractivity contribution in [2.45, 2.75) is 69.3 Å². The third-order valence-electron chi connectivity index (χ3n) is 5.17. The van der Waals surface area contributed by atoms with Crippen molar-refractivity contribution in [2.75, 3.05) is 5.32 Å². The van der Waals surface area contributed by atoms with Crippen molar-refractivity contribution in [3.8, 4) is 0 Å². The molecule has 0 aromatic carbocycles. The van der Waals surface area contributed by atoms with E-state index >= 15 is 0 Å². The lowest BCUT2D eigenvalue weighted by Crippen LogP contribution is -2.31. The normalized spacial score (nSPS) is 35.5. The van der Waals surface area contributed by atoms with Crippen LogP contribution < -0.4 is 5.32 Å². The molecule has 25 heavy (non-hydrogen) atoms. The molecule has 2 aromatic rings. The monoisotopic (exact) mass is 349 g/mol. The molecule has 1 saturated heterocycles. The van der Waals surface area contributed by atoms with Gasteiger partial charge in [0.2, 0.25) is 0 Å². The van der Waals surface area contributed by atoms with Crippen LogP contribution in [0.4, 0.5) is 5.82 Å². The average Bonchev–Trinajstić information content (AvgIpc) is 3.29. The first kappa shape index (κ1) is 16.6. The summed E-state index contributed by atoms with van der Waals surface area (Å²) in [5.74, 6) is 0.551. The molecule has 0 radical (unpaired) electrons. The zero-order valence-electron chi connectivity index (χ0n) is 14.0. The van der Waals surface area contributed by atoms with E-state index in [-0.39, 0.29) is 6.04 Å². The fourth-order valence-corrected chi connectivity index (χ4v) is 3.72. The number of hydrogen-bond donors (Lipinski definition) is 4. The van der Waals surface area contributed by atoms with Crippen LogP contribution in [0.5, 0.6) is 0 Å². The molecule has 1 aliphatic carbocycles. The molecular formula is C16H23N5O4. The summed E-state index contributed by atoms with van der Waals surface area (Å²) in [6, 6.07) is -0.0529. The van der Waals surface area contributed by atoms with Crippen molar-refractivity contribution in [2.24, 2.45) is 0 Å². The Bertz CT molecular complexity index is 753. The van der Waals surface area contributed by atoms with E-state index in [2.05, 4.69) is 20.3 Å². The smallest absolute Gasteiger partial charge is 0.167 e. The molecule has 4 rings (SSSR count). The van der Waals surface area contributed by atoms with Gasteiger partial charge in [0.25, 0.3) is 0 Å². The van der Waals surface area contributed by atoms with E-state index in [0.717, 1.165) is 19.3 Å². The Hall–Kier alpha value is -1.81. The highest BCUT2D eigenvalue weighted by molar-refractivity contribution is 5.82. The number of aromatic nitrogens is 4. The maximum absolute atomic E-state index is 10.3. The molecule has 9 heteroatoms. The van der Waals surface area contributed by atoms with Crippen LogP contribution in [0.15, 0.2) is 12.7 Å². The number of aliphatic hydroxyl groups is 3. The van der Waals surface area contributed by atoms with Gasteiger partial charge in [-0.3, -0.25) is 4.57 Å². The SMILES string of the molecule is CCC1OC(n2cnc3c(NC4CCCC4O)ncnc32)C(O)C1O. The first-order chi connectivity index (χ1) is 12.1. The molecule has 9 nitrogen and oxygen atoms in total. The topological polar surface area (TPSA) is 126 Å². The number of nitrogens with one attached hydrogen (secondary N) is 1. The van der Waals surface area contributed by atoms with E-state index in [1.165, 1.54) is 12.7 Å². The fourth-order valence-electron chi connectivity index (χ4n) is 3.72. The molecule has 0 bridgehead atoms. The fraction of sp³-hybridized carbons (Fsp3) is 0.688. The summed E-state index contributed by atoms with van der Waals surface area (Å²) in [4.78, 5) is 12.9. The lowest BCUT2D eigenvalue weighted by atomic mass is 10.1. The van der Waals surface area contributed by atoms with Gasteiger partial charge in [-0.05, 0) is 25.7 Å². The van der Waals surface area contributed by atoms with Crippen LogP contribution in [0.3, 0.4) is 0 Å². The van der Waals surface area contributed by atoms with Gasteiger partial charge in [-0.1, -0.05) is 6.92 Å². The average molecular weight is 349 g/mol. The lowest BCUT2D eigenvalue weighted by molar-refractivity contribution is -0.0355. The minimum absolute atomic E-state index is 0.0529. The molecule has 136 valence electrons. The molecular weight excluding hydrogens is 326 g/mol. The highest BCUT2D eigenvalue weighted by Gasteiger charge is 2.43. The Kier molecular flexibility index (Phi) is 4.32. The van der Waals surface area contributed by atoms with E-state index < -0.39 is 30.6 Å². The minimum atomic E-state index is -1.05. The van der Waals surface area contributed by atoms with Gasteiger partial charge in [-0.15, -0.1) is 0 Å². The highest BCUT2D eigenvalue weighted by Crippen LogP contribution is 2.33. The van der Waals surface area contributed by atoms with Crippen LogP contribution >= 0.6 is 0 Å². The van der Waals surface area contributed by atoms with Gasteiger partial charge in [-0.2, -0.15) is 0 Å². The quantitative estimate of drug-likeness (QED) is 0.616. The van der Waals surface area contributed by atoms with Crippen molar-refractivity contribution in [1.29, 1.82) is 0 Å². The van der Waals surface area contributed by atoms with Crippen molar-refractivity contribution in [1.82, 2.24) is 19.5 Å². The molecule has 2 aromatic heterocycles. The van der Waals surface area contributed by atoms with Crippen LogP contribution in [0, 0.1) is 0 Å². The maximum Gasteiger partial charge on any atom is 0.167 e. The molecule has 1 aliphatic heterocycles. The van der Waals surface area contributed by atoms with Crippen molar-refractivity contribution < 1.29 is 20.1 Å². The number of imidazole rings is 1. The summed E-state index contributed by atoms with van der Waals surface area (Å²) < 4.78 is 7.40. The Balaban J connectivity index is 1.65. The molecule has 2 aliphatic rings. The molecule has 4 N–H and O–H groups in total. The van der Waals surface area contributed by atoms with Gasteiger partial charge in [0.1, 0.15) is 18.5 Å². The standard InChI is InChI=1S/C16H23N5O4/c1-2-10-12(23)13(24)16(25-10)21-7-19-11-14(17-6-18-15(11)21)20-8-4-3-5-9(8)22/h6-10,12-13,16,22-24H,2-5H2,1H3,(H,17,18,20). The van der Waals surface area contributed by atoms with E-state index in [1.54, 1.807) is 4.57 Å². The highest BCUT2D eigenvalue weighted by atomic mass is 16.6. The third kappa shape index (κ3) is 2.77. The summed E-state index contributed by atoms with van der Waals surface area (Å²) >= 11 is 0. The summed E-state index contributed by atoms with van der Waals surface area (Å²) in [5.41, 5.74) is 1.06. The molecule has 1 saturated carbocycles. The van der Waals surface area contributed by atoms with Gasteiger partial charge in [0.15, 0.2) is 23.2 Å². The van der Waals surface area contributed by atoms with E-state index in [1.807, 2.05) is 6.92 Å². The second-order valence-electron chi connectivity index (χ2n) is 6.75. The molecule has 3 heterocycles. The Morgan fingerprint density at radius 3 is 2.72 bits per heavy atom. The molecule has 0 spiro atoms. The Labute approximate surface area is 144 Å². The lowest BCUT2D eigenvalue weighted by Gasteiger charge is -2.18. The Morgan fingerprint density at radius 2 is 2.04 bits per heavy atom. The summed E-state index contributed by atoms with van der Waals surface area (Å²) in [6.07, 6.45) is 2.62. The Morgan fingerprint density at radius 1 is 1.20 bits per heavy atom. The minimum Gasteiger partial charge on any atom is -0.391 e. The number of aliphatic hydroxyl groups excluding tert-OH is 3. The molecule has 6 atom stereocenters. The number of anilines is 1. The predicted molar refractivity (Wildman–Crippen MR) is 88.8 cm³/mol. The first-order valence-corrected chi connectivity index (χ1v) is 8.74.